The highest BCUT2D eigenvalue weighted by Crippen LogP contribution is 2.19. The molecule has 0 unspecified atom stereocenters. The normalized spacial score (nSPS) is 10.9. The van der Waals surface area contributed by atoms with E-state index >= 15 is 0 Å². The summed E-state index contributed by atoms with van der Waals surface area (Å²) in [4.78, 5) is 3.87. The molecular weight excluding hydrogens is 268 g/mol. The van der Waals surface area contributed by atoms with E-state index in [1.807, 2.05) is 0 Å². The van der Waals surface area contributed by atoms with Crippen LogP contribution in [0.25, 0.3) is 0 Å². The van der Waals surface area contributed by atoms with E-state index in [9.17, 15) is 0 Å². The van der Waals surface area contributed by atoms with Gasteiger partial charge < -0.3 is 10.5 Å². The van der Waals surface area contributed by atoms with E-state index in [1.54, 1.807) is 18.4 Å². The van der Waals surface area contributed by atoms with Gasteiger partial charge in [0.1, 0.15) is 0 Å². The molecule has 0 aliphatic rings. The molecule has 0 radical (unpaired) electrons. The van der Waals surface area contributed by atoms with Crippen molar-refractivity contribution in [2.75, 3.05) is 26.8 Å². The van der Waals surface area contributed by atoms with Gasteiger partial charge in [-0.2, -0.15) is 0 Å². The quantitative estimate of drug-likeness (QED) is 0.749. The maximum Gasteiger partial charge on any atom is 0.0589 e. The second-order valence-electron chi connectivity index (χ2n) is 4.74. The number of hydrogen-bond donors (Lipinski definition) is 1. The van der Waals surface area contributed by atoms with Gasteiger partial charge in [0.25, 0.3) is 0 Å². The lowest BCUT2D eigenvalue weighted by molar-refractivity contribution is 0.111. The molecule has 2 N–H and O–H groups in total. The Morgan fingerprint density at radius 2 is 2.15 bits per heavy atom. The highest BCUT2D eigenvalue weighted by atomic mass is 32.1. The summed E-state index contributed by atoms with van der Waals surface area (Å²) in [5.41, 5.74) is 6.48. The Labute approximate surface area is 127 Å². The van der Waals surface area contributed by atoms with Gasteiger partial charge in [0.05, 0.1) is 13.2 Å². The maximum absolute atomic E-state index is 5.40. The summed E-state index contributed by atoms with van der Waals surface area (Å²) in [5.74, 6) is 5.99. The third kappa shape index (κ3) is 5.64. The molecule has 0 saturated carbocycles. The van der Waals surface area contributed by atoms with Gasteiger partial charge in [-0.3, -0.25) is 4.90 Å². The van der Waals surface area contributed by atoms with E-state index in [-0.39, 0.29) is 0 Å². The molecule has 0 fully saturated rings. The molecule has 0 atom stereocenters. The van der Waals surface area contributed by atoms with E-state index in [0.717, 1.165) is 25.3 Å². The minimum atomic E-state index is 0.416. The molecule has 0 aromatic carbocycles. The molecule has 1 aromatic heterocycles. The van der Waals surface area contributed by atoms with Crippen molar-refractivity contribution in [3.63, 3.8) is 0 Å². The van der Waals surface area contributed by atoms with Crippen molar-refractivity contribution < 1.29 is 4.74 Å². The van der Waals surface area contributed by atoms with Gasteiger partial charge in [0, 0.05) is 42.1 Å². The van der Waals surface area contributed by atoms with Crippen molar-refractivity contribution in [3.8, 4) is 11.8 Å². The highest BCUT2D eigenvalue weighted by Gasteiger charge is 2.15. The van der Waals surface area contributed by atoms with Crippen LogP contribution in [0.15, 0.2) is 11.4 Å². The Bertz CT molecular complexity index is 429. The highest BCUT2D eigenvalue weighted by molar-refractivity contribution is 7.10. The fourth-order valence-electron chi connectivity index (χ4n) is 2.29. The lowest BCUT2D eigenvalue weighted by Gasteiger charge is -2.29. The largest absolute Gasteiger partial charge is 0.383 e. The minimum Gasteiger partial charge on any atom is -0.383 e. The van der Waals surface area contributed by atoms with Crippen LogP contribution in [0.2, 0.25) is 0 Å². The van der Waals surface area contributed by atoms with Crippen molar-refractivity contribution in [2.45, 2.75) is 39.3 Å². The van der Waals surface area contributed by atoms with Crippen LogP contribution in [-0.4, -0.2) is 37.7 Å². The third-order valence-corrected chi connectivity index (χ3v) is 4.31. The van der Waals surface area contributed by atoms with E-state index in [2.05, 4.69) is 42.0 Å². The molecule has 1 aromatic rings. The molecule has 20 heavy (non-hydrogen) atoms. The predicted molar refractivity (Wildman–Crippen MR) is 86.9 cm³/mol. The molecule has 0 saturated heterocycles. The fraction of sp³-hybridized carbons (Fsp3) is 0.625. The first-order valence-electron chi connectivity index (χ1n) is 7.24. The van der Waals surface area contributed by atoms with Gasteiger partial charge in [-0.25, -0.2) is 0 Å². The molecule has 0 spiro atoms. The van der Waals surface area contributed by atoms with Gasteiger partial charge in [-0.05, 0) is 18.9 Å². The summed E-state index contributed by atoms with van der Waals surface area (Å²) in [6.07, 6.45) is 2.34. The summed E-state index contributed by atoms with van der Waals surface area (Å²) in [5, 5.41) is 2.11. The average Bonchev–Trinajstić information content (AvgIpc) is 2.91. The second kappa shape index (κ2) is 9.95. The zero-order chi connectivity index (χ0) is 14.8. The number of methoxy groups -OCH3 is 1. The molecular formula is C16H26N2OS. The van der Waals surface area contributed by atoms with Crippen LogP contribution in [0.1, 0.15) is 37.1 Å². The van der Waals surface area contributed by atoms with Gasteiger partial charge in [0.15, 0.2) is 0 Å². The van der Waals surface area contributed by atoms with Crippen LogP contribution in [0.5, 0.6) is 0 Å². The summed E-state index contributed by atoms with van der Waals surface area (Å²) in [6.45, 7) is 7.65. The Morgan fingerprint density at radius 3 is 2.75 bits per heavy atom. The first-order chi connectivity index (χ1) is 9.74. The monoisotopic (exact) mass is 294 g/mol. The standard InChI is InChI=1S/C16H26N2OS/c1-4-15(5-2)18(9-10-19-3)12-16-11-14(13-20-16)7-6-8-17/h11,13,15H,4-5,8-10,12,17H2,1-3H3. The average molecular weight is 294 g/mol. The zero-order valence-corrected chi connectivity index (χ0v) is 13.6. The van der Waals surface area contributed by atoms with E-state index in [1.165, 1.54) is 17.7 Å². The van der Waals surface area contributed by atoms with Crippen LogP contribution in [-0.2, 0) is 11.3 Å². The summed E-state index contributed by atoms with van der Waals surface area (Å²) in [6, 6.07) is 2.79. The van der Waals surface area contributed by atoms with E-state index in [0.29, 0.717) is 12.6 Å². The van der Waals surface area contributed by atoms with Crippen LogP contribution >= 0.6 is 11.3 Å². The van der Waals surface area contributed by atoms with Gasteiger partial charge >= 0.3 is 0 Å². The molecule has 0 bridgehead atoms. The topological polar surface area (TPSA) is 38.5 Å². The van der Waals surface area contributed by atoms with Crippen LogP contribution in [0.3, 0.4) is 0 Å². The van der Waals surface area contributed by atoms with E-state index < -0.39 is 0 Å². The molecule has 1 heterocycles. The van der Waals surface area contributed by atoms with Crippen molar-refractivity contribution in [3.05, 3.63) is 21.9 Å². The fourth-order valence-corrected chi connectivity index (χ4v) is 3.13. The second-order valence-corrected chi connectivity index (χ2v) is 5.74. The summed E-state index contributed by atoms with van der Waals surface area (Å²) < 4.78 is 5.23. The molecule has 1 rings (SSSR count). The molecule has 112 valence electrons. The SMILES string of the molecule is CCC(CC)N(CCOC)Cc1cc(C#CCN)cs1. The number of ether oxygens (including phenoxy) is 1. The van der Waals surface area contributed by atoms with Crippen LogP contribution < -0.4 is 5.73 Å². The first-order valence-corrected chi connectivity index (χ1v) is 8.12. The summed E-state index contributed by atoms with van der Waals surface area (Å²) >= 11 is 1.77. The molecule has 4 heteroatoms. The van der Waals surface area contributed by atoms with Crippen LogP contribution in [0.4, 0.5) is 0 Å². The smallest absolute Gasteiger partial charge is 0.0589 e. The Morgan fingerprint density at radius 1 is 1.40 bits per heavy atom. The van der Waals surface area contributed by atoms with Gasteiger partial charge in [-0.1, -0.05) is 25.7 Å². The zero-order valence-electron chi connectivity index (χ0n) is 12.8. The first kappa shape index (κ1) is 17.2. The Kier molecular flexibility index (Phi) is 8.56. The predicted octanol–water partition coefficient (Wildman–Crippen LogP) is 2.70. The van der Waals surface area contributed by atoms with Gasteiger partial charge in [0.2, 0.25) is 0 Å². The number of nitrogens with two attached hydrogens (primary N) is 1. The van der Waals surface area contributed by atoms with Crippen LogP contribution in [0, 0.1) is 11.8 Å². The molecule has 0 aliphatic carbocycles. The van der Waals surface area contributed by atoms with E-state index in [4.69, 9.17) is 10.5 Å². The van der Waals surface area contributed by atoms with Crippen molar-refractivity contribution >= 4 is 11.3 Å². The lowest BCUT2D eigenvalue weighted by Crippen LogP contribution is -2.36. The molecule has 0 amide bonds. The summed E-state index contributed by atoms with van der Waals surface area (Å²) in [7, 11) is 1.76. The maximum atomic E-state index is 5.40. The number of thiophene rings is 1. The minimum absolute atomic E-state index is 0.416. The Hall–Kier alpha value is -0.860. The molecule has 3 nitrogen and oxygen atoms in total. The molecule has 0 aliphatic heterocycles. The van der Waals surface area contributed by atoms with Crippen molar-refractivity contribution in [2.24, 2.45) is 5.73 Å². The van der Waals surface area contributed by atoms with Gasteiger partial charge in [-0.15, -0.1) is 11.3 Å². The lowest BCUT2D eigenvalue weighted by atomic mass is 10.1. The number of hydrogen-bond acceptors (Lipinski definition) is 4. The number of nitrogens with zero attached hydrogens (tertiary/aromatic N) is 1. The Balaban J connectivity index is 2.70. The van der Waals surface area contributed by atoms with Crippen molar-refractivity contribution in [1.29, 1.82) is 0 Å². The van der Waals surface area contributed by atoms with Crippen molar-refractivity contribution in [1.82, 2.24) is 4.90 Å². The third-order valence-electron chi connectivity index (χ3n) is 3.39. The number of rotatable bonds is 8.